The Bertz CT molecular complexity index is 233. The van der Waals surface area contributed by atoms with Crippen molar-refractivity contribution >= 4 is 11.4 Å². The van der Waals surface area contributed by atoms with Gasteiger partial charge in [-0.25, -0.2) is 0 Å². The molecule has 0 amide bonds. The zero-order valence-corrected chi connectivity index (χ0v) is 7.88. The van der Waals surface area contributed by atoms with Crippen LogP contribution >= 0.6 is 0 Å². The molecule has 72 valence electrons. The van der Waals surface area contributed by atoms with Gasteiger partial charge in [-0.15, -0.1) is 0 Å². The summed E-state index contributed by atoms with van der Waals surface area (Å²) in [5.74, 6) is 0. The summed E-state index contributed by atoms with van der Waals surface area (Å²) in [6.45, 7) is 3.17. The Morgan fingerprint density at radius 1 is 1.15 bits per heavy atom. The van der Waals surface area contributed by atoms with Crippen LogP contribution < -0.4 is 10.8 Å². The molecule has 0 aromatic heterocycles. The molecular formula is C10H16N2O. The van der Waals surface area contributed by atoms with Crippen LogP contribution in [-0.4, -0.2) is 11.8 Å². The maximum absolute atomic E-state index is 8.57. The molecule has 0 aliphatic heterocycles. The molecular weight excluding hydrogens is 164 g/mol. The van der Waals surface area contributed by atoms with Gasteiger partial charge in [0.1, 0.15) is 0 Å². The van der Waals surface area contributed by atoms with Gasteiger partial charge in [-0.2, -0.15) is 0 Å². The van der Waals surface area contributed by atoms with Gasteiger partial charge in [0, 0.05) is 12.2 Å². The highest BCUT2D eigenvalue weighted by molar-refractivity contribution is 5.52. The van der Waals surface area contributed by atoms with Gasteiger partial charge >= 0.3 is 0 Å². The topological polar surface area (TPSA) is 44.3 Å². The molecule has 3 heteroatoms. The van der Waals surface area contributed by atoms with Crippen molar-refractivity contribution in [1.82, 2.24) is 0 Å². The first-order chi connectivity index (χ1) is 6.36. The van der Waals surface area contributed by atoms with Crippen LogP contribution in [0.25, 0.3) is 0 Å². The molecule has 0 atom stereocenters. The molecule has 0 saturated carbocycles. The molecule has 0 heterocycles. The van der Waals surface area contributed by atoms with Crippen LogP contribution in [0.4, 0.5) is 11.4 Å². The Hall–Kier alpha value is -1.22. The third kappa shape index (κ3) is 3.34. The Morgan fingerprint density at radius 3 is 2.31 bits per heavy atom. The lowest BCUT2D eigenvalue weighted by Crippen LogP contribution is -2.00. The lowest BCUT2D eigenvalue weighted by atomic mass is 10.2. The van der Waals surface area contributed by atoms with Gasteiger partial charge in [-0.05, 0) is 30.7 Å². The van der Waals surface area contributed by atoms with Gasteiger partial charge in [0.2, 0.25) is 0 Å². The smallest absolute Gasteiger partial charge is 0.0603 e. The number of unbranched alkanes of at least 4 members (excludes halogenated alkanes) is 1. The summed E-state index contributed by atoms with van der Waals surface area (Å²) >= 11 is 0. The fourth-order valence-corrected chi connectivity index (χ4v) is 1.07. The molecule has 0 radical (unpaired) electrons. The van der Waals surface area contributed by atoms with E-state index in [1.165, 1.54) is 12.8 Å². The molecule has 0 unspecified atom stereocenters. The Kier molecular flexibility index (Phi) is 4.12. The molecule has 1 aromatic carbocycles. The number of hydrogen-bond acceptors (Lipinski definition) is 3. The Morgan fingerprint density at radius 2 is 1.77 bits per heavy atom. The second-order valence-electron chi connectivity index (χ2n) is 2.97. The molecule has 0 aliphatic rings. The van der Waals surface area contributed by atoms with E-state index in [0.29, 0.717) is 5.69 Å². The SMILES string of the molecule is CCCCNc1ccc(NO)cc1. The van der Waals surface area contributed by atoms with Gasteiger partial charge in [0.05, 0.1) is 5.69 Å². The summed E-state index contributed by atoms with van der Waals surface area (Å²) in [4.78, 5) is 0. The molecule has 0 spiro atoms. The number of benzene rings is 1. The minimum Gasteiger partial charge on any atom is -0.385 e. The van der Waals surface area contributed by atoms with Gasteiger partial charge in [0.25, 0.3) is 0 Å². The van der Waals surface area contributed by atoms with Crippen molar-refractivity contribution in [3.63, 3.8) is 0 Å². The summed E-state index contributed by atoms with van der Waals surface area (Å²) in [7, 11) is 0. The molecule has 1 rings (SSSR count). The van der Waals surface area contributed by atoms with E-state index in [-0.39, 0.29) is 0 Å². The normalized spacial score (nSPS) is 9.69. The van der Waals surface area contributed by atoms with Crippen LogP contribution in [0, 0.1) is 0 Å². The number of rotatable bonds is 5. The fourth-order valence-electron chi connectivity index (χ4n) is 1.07. The van der Waals surface area contributed by atoms with E-state index in [9.17, 15) is 0 Å². The first-order valence-electron chi connectivity index (χ1n) is 4.61. The average Bonchev–Trinajstić information content (AvgIpc) is 2.19. The first kappa shape index (κ1) is 9.86. The highest BCUT2D eigenvalue weighted by atomic mass is 16.5. The zero-order valence-electron chi connectivity index (χ0n) is 7.88. The molecule has 13 heavy (non-hydrogen) atoms. The van der Waals surface area contributed by atoms with Crippen molar-refractivity contribution in [2.24, 2.45) is 0 Å². The monoisotopic (exact) mass is 180 g/mol. The third-order valence-corrected chi connectivity index (χ3v) is 1.87. The van der Waals surface area contributed by atoms with Crippen molar-refractivity contribution in [2.75, 3.05) is 17.3 Å². The van der Waals surface area contributed by atoms with Crippen molar-refractivity contribution in [3.05, 3.63) is 24.3 Å². The molecule has 3 nitrogen and oxygen atoms in total. The lowest BCUT2D eigenvalue weighted by molar-refractivity contribution is 0.389. The maximum atomic E-state index is 8.57. The predicted octanol–water partition coefficient (Wildman–Crippen LogP) is 2.70. The molecule has 0 saturated heterocycles. The van der Waals surface area contributed by atoms with E-state index in [0.717, 1.165) is 12.2 Å². The van der Waals surface area contributed by atoms with E-state index in [2.05, 4.69) is 17.7 Å². The van der Waals surface area contributed by atoms with Gasteiger partial charge in [0.15, 0.2) is 0 Å². The van der Waals surface area contributed by atoms with Gasteiger partial charge in [-0.1, -0.05) is 13.3 Å². The summed E-state index contributed by atoms with van der Waals surface area (Å²) in [5.41, 5.74) is 3.89. The van der Waals surface area contributed by atoms with E-state index < -0.39 is 0 Å². The zero-order chi connectivity index (χ0) is 9.52. The van der Waals surface area contributed by atoms with Gasteiger partial charge < -0.3 is 5.32 Å². The predicted molar refractivity (Wildman–Crippen MR) is 55.2 cm³/mol. The van der Waals surface area contributed by atoms with Crippen LogP contribution in [0.3, 0.4) is 0 Å². The quantitative estimate of drug-likeness (QED) is 0.482. The van der Waals surface area contributed by atoms with Crippen LogP contribution in [0.5, 0.6) is 0 Å². The standard InChI is InChI=1S/C10H16N2O/c1-2-3-8-11-9-4-6-10(12-13)7-5-9/h4-7,11-13H,2-3,8H2,1H3. The summed E-state index contributed by atoms with van der Waals surface area (Å²) in [6, 6.07) is 7.53. The van der Waals surface area contributed by atoms with Gasteiger partial charge in [-0.3, -0.25) is 10.7 Å². The maximum Gasteiger partial charge on any atom is 0.0603 e. The van der Waals surface area contributed by atoms with Crippen molar-refractivity contribution in [2.45, 2.75) is 19.8 Å². The summed E-state index contributed by atoms with van der Waals surface area (Å²) in [5, 5.41) is 11.9. The van der Waals surface area contributed by atoms with E-state index in [1.54, 1.807) is 0 Å². The van der Waals surface area contributed by atoms with Crippen LogP contribution in [-0.2, 0) is 0 Å². The number of hydrogen-bond donors (Lipinski definition) is 3. The minimum atomic E-state index is 0.709. The lowest BCUT2D eigenvalue weighted by Gasteiger charge is -2.05. The van der Waals surface area contributed by atoms with Crippen LogP contribution in [0.1, 0.15) is 19.8 Å². The third-order valence-electron chi connectivity index (χ3n) is 1.87. The Balaban J connectivity index is 2.40. The minimum absolute atomic E-state index is 0.709. The second-order valence-corrected chi connectivity index (χ2v) is 2.97. The van der Waals surface area contributed by atoms with E-state index in [1.807, 2.05) is 24.3 Å². The van der Waals surface area contributed by atoms with Crippen molar-refractivity contribution < 1.29 is 5.21 Å². The van der Waals surface area contributed by atoms with E-state index in [4.69, 9.17) is 5.21 Å². The number of anilines is 2. The second kappa shape index (κ2) is 5.43. The molecule has 0 fully saturated rings. The Labute approximate surface area is 78.7 Å². The van der Waals surface area contributed by atoms with Crippen molar-refractivity contribution in [3.8, 4) is 0 Å². The number of nitrogens with one attached hydrogen (secondary N) is 2. The van der Waals surface area contributed by atoms with Crippen LogP contribution in [0.2, 0.25) is 0 Å². The first-order valence-corrected chi connectivity index (χ1v) is 4.61. The highest BCUT2D eigenvalue weighted by Gasteiger charge is 1.91. The molecule has 1 aromatic rings. The molecule has 0 bridgehead atoms. The fraction of sp³-hybridized carbons (Fsp3) is 0.400. The summed E-state index contributed by atoms with van der Waals surface area (Å²) in [6.07, 6.45) is 2.38. The highest BCUT2D eigenvalue weighted by Crippen LogP contribution is 2.12. The summed E-state index contributed by atoms with van der Waals surface area (Å²) < 4.78 is 0. The average molecular weight is 180 g/mol. The molecule has 0 aliphatic carbocycles. The molecule has 3 N–H and O–H groups in total. The van der Waals surface area contributed by atoms with E-state index >= 15 is 0 Å². The van der Waals surface area contributed by atoms with Crippen LogP contribution in [0.15, 0.2) is 24.3 Å². The van der Waals surface area contributed by atoms with Crippen molar-refractivity contribution in [1.29, 1.82) is 0 Å². The largest absolute Gasteiger partial charge is 0.385 e.